The van der Waals surface area contributed by atoms with Crippen molar-refractivity contribution in [3.8, 4) is 0 Å². The van der Waals surface area contributed by atoms with Crippen LogP contribution in [-0.4, -0.2) is 28.7 Å². The zero-order valence-electron chi connectivity index (χ0n) is 11.8. The van der Waals surface area contributed by atoms with E-state index in [4.69, 9.17) is 9.16 Å². The summed E-state index contributed by atoms with van der Waals surface area (Å²) in [7, 11) is 0.757. The lowest BCUT2D eigenvalue weighted by atomic mass is 9.85. The van der Waals surface area contributed by atoms with Crippen LogP contribution in [0.15, 0.2) is 12.2 Å². The highest BCUT2D eigenvalue weighted by molar-refractivity contribution is 5.98. The smallest absolute Gasteiger partial charge is 0.333 e. The first-order valence-electron chi connectivity index (χ1n) is 6.23. The summed E-state index contributed by atoms with van der Waals surface area (Å²) in [5, 5.41) is 0. The van der Waals surface area contributed by atoms with Crippen molar-refractivity contribution in [2.24, 2.45) is 5.92 Å². The van der Waals surface area contributed by atoms with Gasteiger partial charge in [-0.1, -0.05) is 19.9 Å². The highest BCUT2D eigenvalue weighted by Crippen LogP contribution is 2.27. The molecule has 0 bridgehead atoms. The van der Waals surface area contributed by atoms with Crippen molar-refractivity contribution in [1.29, 1.82) is 0 Å². The van der Waals surface area contributed by atoms with E-state index in [0.29, 0.717) is 18.1 Å². The highest BCUT2D eigenvalue weighted by atomic mass is 28.2. The molecule has 0 N–H and O–H groups in total. The van der Waals surface area contributed by atoms with E-state index in [0.717, 1.165) is 29.7 Å². The molecule has 0 saturated carbocycles. The Balaban J connectivity index is 3.94. The fourth-order valence-corrected chi connectivity index (χ4v) is 2.16. The molecule has 0 fully saturated rings. The third-order valence-corrected chi connectivity index (χ3v) is 4.33. The van der Waals surface area contributed by atoms with Crippen molar-refractivity contribution in [2.45, 2.75) is 52.6 Å². The van der Waals surface area contributed by atoms with Gasteiger partial charge in [0.05, 0.1) is 12.2 Å². The summed E-state index contributed by atoms with van der Waals surface area (Å²) in [6.45, 7) is 12.1. The Kier molecular flexibility index (Phi) is 7.39. The molecule has 0 spiro atoms. The fraction of sp³-hybridized carbons (Fsp3) is 0.769. The third-order valence-electron chi connectivity index (χ3n) is 3.28. The molecule has 4 heteroatoms. The summed E-state index contributed by atoms with van der Waals surface area (Å²) < 4.78 is 10.7. The average Bonchev–Trinajstić information content (AvgIpc) is 2.28. The molecule has 0 aromatic carbocycles. The van der Waals surface area contributed by atoms with E-state index in [1.54, 1.807) is 6.92 Å². The van der Waals surface area contributed by atoms with Gasteiger partial charge in [-0.25, -0.2) is 4.79 Å². The zero-order valence-corrected chi connectivity index (χ0v) is 13.8. The number of hydrogen-bond donors (Lipinski definition) is 0. The van der Waals surface area contributed by atoms with Crippen LogP contribution in [0.4, 0.5) is 0 Å². The van der Waals surface area contributed by atoms with E-state index >= 15 is 0 Å². The molecular formula is C13H26O3Si. The average molecular weight is 258 g/mol. The summed E-state index contributed by atoms with van der Waals surface area (Å²) in [4.78, 5) is 11.2. The Morgan fingerprint density at radius 2 is 2.06 bits per heavy atom. The number of carbonyl (C=O) groups excluding carboxylic acids is 1. The van der Waals surface area contributed by atoms with Crippen LogP contribution in [0.25, 0.3) is 0 Å². The minimum absolute atomic E-state index is 0.0562. The predicted octanol–water partition coefficient (Wildman–Crippen LogP) is 1.99. The van der Waals surface area contributed by atoms with E-state index in [2.05, 4.69) is 27.4 Å². The van der Waals surface area contributed by atoms with Gasteiger partial charge in [0.2, 0.25) is 0 Å². The minimum atomic E-state index is -0.295. The Morgan fingerprint density at radius 1 is 1.47 bits per heavy atom. The van der Waals surface area contributed by atoms with Crippen molar-refractivity contribution in [3.63, 3.8) is 0 Å². The molecule has 0 heterocycles. The van der Waals surface area contributed by atoms with Crippen LogP contribution in [0, 0.1) is 5.92 Å². The number of ether oxygens (including phenoxy) is 1. The molecule has 0 aromatic heterocycles. The van der Waals surface area contributed by atoms with Crippen LogP contribution >= 0.6 is 0 Å². The monoisotopic (exact) mass is 258 g/mol. The van der Waals surface area contributed by atoms with Crippen molar-refractivity contribution in [1.82, 2.24) is 0 Å². The van der Waals surface area contributed by atoms with Crippen LogP contribution in [0.5, 0.6) is 0 Å². The van der Waals surface area contributed by atoms with Crippen molar-refractivity contribution < 1.29 is 14.0 Å². The first kappa shape index (κ1) is 16.4. The molecule has 17 heavy (non-hydrogen) atoms. The summed E-state index contributed by atoms with van der Waals surface area (Å²) >= 11 is 0. The topological polar surface area (TPSA) is 35.5 Å². The molecule has 1 unspecified atom stereocenters. The third kappa shape index (κ3) is 6.03. The molecule has 0 radical (unpaired) electrons. The SMILES string of the molecule is C=C(C)C(=O)OCCCC(CC)C(C)(C)O[SiH3]. The molecule has 0 amide bonds. The summed E-state index contributed by atoms with van der Waals surface area (Å²) in [5.74, 6) is 0.222. The van der Waals surface area contributed by atoms with Gasteiger partial charge in [-0.3, -0.25) is 0 Å². The van der Waals surface area contributed by atoms with Crippen LogP contribution < -0.4 is 0 Å². The van der Waals surface area contributed by atoms with E-state index in [1.807, 2.05) is 0 Å². The first-order valence-corrected chi connectivity index (χ1v) is 7.04. The molecule has 0 aliphatic rings. The number of carbonyl (C=O) groups is 1. The van der Waals surface area contributed by atoms with Crippen LogP contribution in [0.1, 0.15) is 47.0 Å². The Labute approximate surface area is 108 Å². The van der Waals surface area contributed by atoms with Crippen LogP contribution in [0.3, 0.4) is 0 Å². The molecule has 0 aliphatic carbocycles. The standard InChI is InChI=1S/C13H26O3Si/c1-6-11(13(4,5)16-17)8-7-9-15-12(14)10(2)3/h11H,2,6-9H2,1,3-5,17H3. The van der Waals surface area contributed by atoms with Crippen LogP contribution in [-0.2, 0) is 14.0 Å². The van der Waals surface area contributed by atoms with Gasteiger partial charge in [0.1, 0.15) is 10.5 Å². The molecule has 3 nitrogen and oxygen atoms in total. The van der Waals surface area contributed by atoms with E-state index in [9.17, 15) is 4.79 Å². The normalized spacial score (nSPS) is 13.4. The second-order valence-corrected chi connectivity index (χ2v) is 5.38. The Morgan fingerprint density at radius 3 is 2.47 bits per heavy atom. The van der Waals surface area contributed by atoms with Gasteiger partial charge >= 0.3 is 5.97 Å². The Hall–Kier alpha value is -0.613. The van der Waals surface area contributed by atoms with E-state index < -0.39 is 0 Å². The number of esters is 1. The van der Waals surface area contributed by atoms with Crippen molar-refractivity contribution in [2.75, 3.05) is 6.61 Å². The second-order valence-electron chi connectivity index (χ2n) is 4.97. The van der Waals surface area contributed by atoms with Gasteiger partial charge in [0.15, 0.2) is 0 Å². The number of rotatable bonds is 8. The van der Waals surface area contributed by atoms with Crippen molar-refractivity contribution >= 4 is 16.5 Å². The van der Waals surface area contributed by atoms with Gasteiger partial charge in [-0.05, 0) is 39.5 Å². The molecule has 0 saturated heterocycles. The van der Waals surface area contributed by atoms with Gasteiger partial charge < -0.3 is 9.16 Å². The largest absolute Gasteiger partial charge is 0.462 e. The highest BCUT2D eigenvalue weighted by Gasteiger charge is 2.26. The van der Waals surface area contributed by atoms with E-state index in [1.165, 1.54) is 0 Å². The lowest BCUT2D eigenvalue weighted by Gasteiger charge is -2.33. The minimum Gasteiger partial charge on any atom is -0.462 e. The molecule has 0 aromatic rings. The maximum Gasteiger partial charge on any atom is 0.333 e. The lowest BCUT2D eigenvalue weighted by molar-refractivity contribution is -0.139. The quantitative estimate of drug-likeness (QED) is 0.289. The molecule has 100 valence electrons. The van der Waals surface area contributed by atoms with Gasteiger partial charge in [0.25, 0.3) is 0 Å². The Bertz CT molecular complexity index is 261. The molecule has 1 atom stereocenters. The zero-order chi connectivity index (χ0) is 13.5. The second kappa shape index (κ2) is 7.66. The molecule has 0 rings (SSSR count). The van der Waals surface area contributed by atoms with Crippen molar-refractivity contribution in [3.05, 3.63) is 12.2 Å². The maximum absolute atomic E-state index is 11.2. The summed E-state index contributed by atoms with van der Waals surface area (Å²) in [6, 6.07) is 0. The first-order chi connectivity index (χ1) is 7.85. The fourth-order valence-electron chi connectivity index (χ4n) is 1.83. The lowest BCUT2D eigenvalue weighted by Crippen LogP contribution is -2.33. The maximum atomic E-state index is 11.2. The molecular weight excluding hydrogens is 232 g/mol. The summed E-state index contributed by atoms with van der Waals surface area (Å²) in [6.07, 6.45) is 2.99. The summed E-state index contributed by atoms with van der Waals surface area (Å²) in [5.41, 5.74) is 0.402. The molecule has 0 aliphatic heterocycles. The number of hydrogen-bond acceptors (Lipinski definition) is 3. The van der Waals surface area contributed by atoms with E-state index in [-0.39, 0.29) is 11.6 Å². The van der Waals surface area contributed by atoms with Gasteiger partial charge in [-0.15, -0.1) is 0 Å². The van der Waals surface area contributed by atoms with Crippen LogP contribution in [0.2, 0.25) is 0 Å². The van der Waals surface area contributed by atoms with Gasteiger partial charge in [0, 0.05) is 5.57 Å². The van der Waals surface area contributed by atoms with Gasteiger partial charge in [-0.2, -0.15) is 0 Å². The predicted molar refractivity (Wildman–Crippen MR) is 73.9 cm³/mol.